The first-order chi connectivity index (χ1) is 2.81. The summed E-state index contributed by atoms with van der Waals surface area (Å²) in [5.41, 5.74) is 0.412. The molecule has 0 radical (unpaired) electrons. The minimum Gasteiger partial charge on any atom is -0.390 e. The van der Waals surface area contributed by atoms with E-state index in [1.54, 1.807) is 0 Å². The Morgan fingerprint density at radius 1 is 1.83 bits per heavy atom. The molecule has 0 rings (SSSR count). The molecule has 0 saturated carbocycles. The van der Waals surface area contributed by atoms with E-state index in [0.717, 1.165) is 0 Å². The van der Waals surface area contributed by atoms with E-state index in [1.807, 2.05) is 0 Å². The molecule has 0 unspecified atom stereocenters. The van der Waals surface area contributed by atoms with Gasteiger partial charge in [-0.25, -0.2) is 0 Å². The third-order valence-electron chi connectivity index (χ3n) is 0.406. The predicted octanol–water partition coefficient (Wildman–Crippen LogP) is 0.193. The van der Waals surface area contributed by atoms with E-state index >= 15 is 0 Å². The van der Waals surface area contributed by atoms with Crippen LogP contribution in [0.25, 0.3) is 0 Å². The van der Waals surface area contributed by atoms with Gasteiger partial charge in [0.2, 0.25) is 0 Å². The number of hydrogen-bond acceptors (Lipinski definition) is 2. The molecule has 0 atom stereocenters. The topological polar surface area (TPSA) is 32.6 Å². The zero-order chi connectivity index (χ0) is 4.99. The highest BCUT2D eigenvalue weighted by Crippen LogP contribution is 1.82. The number of rotatable bonds is 2. The summed E-state index contributed by atoms with van der Waals surface area (Å²) in [5, 5.41) is 8.10. The van der Waals surface area contributed by atoms with Crippen LogP contribution in [0.15, 0.2) is 17.3 Å². The van der Waals surface area contributed by atoms with E-state index in [0.29, 0.717) is 5.70 Å². The molecular formula is C4H7NO. The van der Waals surface area contributed by atoms with Gasteiger partial charge in [0.05, 0.1) is 12.3 Å². The standard InChI is InChI=1S/C4H7NO/c1-4(3-6)5-2/h6H,1-3H2. The van der Waals surface area contributed by atoms with E-state index in [4.69, 9.17) is 5.11 Å². The Hall–Kier alpha value is -0.630. The SMILES string of the molecule is C=NC(=C)CO. The molecule has 0 aliphatic heterocycles. The molecule has 2 nitrogen and oxygen atoms in total. The molecule has 0 aliphatic carbocycles. The summed E-state index contributed by atoms with van der Waals surface area (Å²) in [6, 6.07) is 0. The van der Waals surface area contributed by atoms with E-state index in [1.165, 1.54) is 0 Å². The summed E-state index contributed by atoms with van der Waals surface area (Å²) >= 11 is 0. The van der Waals surface area contributed by atoms with Crippen molar-refractivity contribution in [3.63, 3.8) is 0 Å². The third-order valence-corrected chi connectivity index (χ3v) is 0.406. The zero-order valence-electron chi connectivity index (χ0n) is 3.52. The van der Waals surface area contributed by atoms with Crippen molar-refractivity contribution in [1.29, 1.82) is 0 Å². The van der Waals surface area contributed by atoms with Gasteiger partial charge in [0.25, 0.3) is 0 Å². The fraction of sp³-hybridized carbons (Fsp3) is 0.250. The van der Waals surface area contributed by atoms with E-state index in [9.17, 15) is 0 Å². The lowest BCUT2D eigenvalue weighted by Crippen LogP contribution is -1.79. The molecule has 0 saturated heterocycles. The second kappa shape index (κ2) is 2.60. The highest BCUT2D eigenvalue weighted by atomic mass is 16.3. The predicted molar refractivity (Wildman–Crippen MR) is 25.8 cm³/mol. The van der Waals surface area contributed by atoms with Gasteiger partial charge in [-0.05, 0) is 6.72 Å². The second-order valence-electron chi connectivity index (χ2n) is 0.882. The molecule has 0 aromatic carbocycles. The van der Waals surface area contributed by atoms with Crippen LogP contribution in [0.4, 0.5) is 0 Å². The fourth-order valence-electron chi connectivity index (χ4n) is 0.0500. The van der Waals surface area contributed by atoms with Crippen LogP contribution in [0.3, 0.4) is 0 Å². The van der Waals surface area contributed by atoms with E-state index < -0.39 is 0 Å². The van der Waals surface area contributed by atoms with Crippen LogP contribution in [-0.2, 0) is 0 Å². The van der Waals surface area contributed by atoms with Gasteiger partial charge in [-0.1, -0.05) is 6.58 Å². The first-order valence-electron chi connectivity index (χ1n) is 1.56. The van der Waals surface area contributed by atoms with Gasteiger partial charge < -0.3 is 5.11 Å². The van der Waals surface area contributed by atoms with Gasteiger partial charge in [0, 0.05) is 0 Å². The van der Waals surface area contributed by atoms with E-state index in [-0.39, 0.29) is 6.61 Å². The van der Waals surface area contributed by atoms with Gasteiger partial charge in [-0.15, -0.1) is 0 Å². The molecule has 34 valence electrons. The molecular weight excluding hydrogens is 78.0 g/mol. The van der Waals surface area contributed by atoms with Crippen molar-refractivity contribution >= 4 is 6.72 Å². The Labute approximate surface area is 36.8 Å². The first-order valence-corrected chi connectivity index (χ1v) is 1.56. The Bertz CT molecular complexity index is 67.9. The molecule has 0 aromatic rings. The van der Waals surface area contributed by atoms with Gasteiger partial charge in [-0.2, -0.15) is 0 Å². The normalized spacial score (nSPS) is 7.50. The Morgan fingerprint density at radius 3 is 2.33 bits per heavy atom. The van der Waals surface area contributed by atoms with Gasteiger partial charge in [-0.3, -0.25) is 4.99 Å². The summed E-state index contributed by atoms with van der Waals surface area (Å²) in [4.78, 5) is 3.31. The largest absolute Gasteiger partial charge is 0.390 e. The molecule has 1 N–H and O–H groups in total. The van der Waals surface area contributed by atoms with Gasteiger partial charge >= 0.3 is 0 Å². The summed E-state index contributed by atoms with van der Waals surface area (Å²) in [6.07, 6.45) is 0. The lowest BCUT2D eigenvalue weighted by molar-refractivity contribution is 0.331. The smallest absolute Gasteiger partial charge is 0.0846 e. The highest BCUT2D eigenvalue weighted by Gasteiger charge is 1.75. The van der Waals surface area contributed by atoms with Crippen molar-refractivity contribution in [3.05, 3.63) is 12.3 Å². The summed E-state index contributed by atoms with van der Waals surface area (Å²) in [7, 11) is 0. The number of aliphatic imine (C=N–C) groups is 1. The van der Waals surface area contributed by atoms with Crippen LogP contribution in [0.2, 0.25) is 0 Å². The molecule has 2 heteroatoms. The Balaban J connectivity index is 3.23. The van der Waals surface area contributed by atoms with Crippen molar-refractivity contribution in [1.82, 2.24) is 0 Å². The minimum atomic E-state index is -0.0938. The number of hydrogen-bond donors (Lipinski definition) is 1. The van der Waals surface area contributed by atoms with Crippen molar-refractivity contribution in [2.75, 3.05) is 6.61 Å². The summed E-state index contributed by atoms with van der Waals surface area (Å²) < 4.78 is 0. The maximum absolute atomic E-state index is 8.10. The molecule has 0 amide bonds. The summed E-state index contributed by atoms with van der Waals surface area (Å²) in [6.45, 7) is 6.34. The van der Waals surface area contributed by atoms with Crippen molar-refractivity contribution < 1.29 is 5.11 Å². The monoisotopic (exact) mass is 85.1 g/mol. The second-order valence-corrected chi connectivity index (χ2v) is 0.882. The van der Waals surface area contributed by atoms with Crippen molar-refractivity contribution in [3.8, 4) is 0 Å². The van der Waals surface area contributed by atoms with Crippen LogP contribution in [0.5, 0.6) is 0 Å². The fourth-order valence-corrected chi connectivity index (χ4v) is 0.0500. The third kappa shape index (κ3) is 1.67. The number of nitrogens with zero attached hydrogens (tertiary/aromatic N) is 1. The molecule has 0 fully saturated rings. The minimum absolute atomic E-state index is 0.0938. The van der Waals surface area contributed by atoms with Gasteiger partial charge in [0.15, 0.2) is 0 Å². The molecule has 0 bridgehead atoms. The Kier molecular flexibility index (Phi) is 2.33. The molecule has 6 heavy (non-hydrogen) atoms. The van der Waals surface area contributed by atoms with E-state index in [2.05, 4.69) is 18.3 Å². The molecule has 0 aliphatic rings. The molecule has 0 spiro atoms. The lowest BCUT2D eigenvalue weighted by atomic mass is 10.6. The van der Waals surface area contributed by atoms with Crippen LogP contribution >= 0.6 is 0 Å². The molecule has 0 aromatic heterocycles. The zero-order valence-corrected chi connectivity index (χ0v) is 3.52. The average molecular weight is 85.1 g/mol. The highest BCUT2D eigenvalue weighted by molar-refractivity contribution is 5.27. The average Bonchev–Trinajstić information content (AvgIpc) is 1.65. The van der Waals surface area contributed by atoms with Crippen LogP contribution in [0.1, 0.15) is 0 Å². The Morgan fingerprint density at radius 2 is 2.33 bits per heavy atom. The van der Waals surface area contributed by atoms with Crippen LogP contribution < -0.4 is 0 Å². The van der Waals surface area contributed by atoms with Gasteiger partial charge in [0.1, 0.15) is 0 Å². The van der Waals surface area contributed by atoms with Crippen molar-refractivity contribution in [2.45, 2.75) is 0 Å². The van der Waals surface area contributed by atoms with Crippen molar-refractivity contribution in [2.24, 2.45) is 4.99 Å². The van der Waals surface area contributed by atoms with Crippen LogP contribution in [0, 0.1) is 0 Å². The lowest BCUT2D eigenvalue weighted by Gasteiger charge is -1.83. The quantitative estimate of drug-likeness (QED) is 0.477. The maximum Gasteiger partial charge on any atom is 0.0846 e. The molecule has 0 heterocycles. The van der Waals surface area contributed by atoms with Crippen LogP contribution in [-0.4, -0.2) is 18.4 Å². The number of aliphatic hydroxyl groups excluding tert-OH is 1. The first kappa shape index (κ1) is 5.37. The maximum atomic E-state index is 8.10. The summed E-state index contributed by atoms with van der Waals surface area (Å²) in [5.74, 6) is 0. The number of aliphatic hydroxyl groups is 1.